The maximum absolute atomic E-state index is 12.7. The van der Waals surface area contributed by atoms with Gasteiger partial charge in [-0.3, -0.25) is 9.69 Å². The molecule has 3 rings (SSSR count). The van der Waals surface area contributed by atoms with Crippen molar-refractivity contribution in [2.45, 2.75) is 33.4 Å². The quantitative estimate of drug-likeness (QED) is 0.669. The number of hydrogen-bond donors (Lipinski definition) is 1. The number of aromatic nitrogens is 3. The van der Waals surface area contributed by atoms with E-state index in [1.165, 1.54) is 6.33 Å². The number of amides is 1. The number of halogens is 1. The van der Waals surface area contributed by atoms with Crippen LogP contribution in [-0.2, 0) is 11.3 Å². The maximum atomic E-state index is 12.7. The highest BCUT2D eigenvalue weighted by atomic mass is 35.5. The highest BCUT2D eigenvalue weighted by Crippen LogP contribution is 2.24. The third-order valence-electron chi connectivity index (χ3n) is 4.13. The summed E-state index contributed by atoms with van der Waals surface area (Å²) in [7, 11) is 0. The van der Waals surface area contributed by atoms with Crippen LogP contribution >= 0.6 is 11.6 Å². The molecule has 2 aromatic heterocycles. The molecule has 142 valence electrons. The SMILES string of the molecule is Cc1ccc(CN(CC(=O)Nc2cc(Cl)ccc2-n2cncn2)C(C)C)o1. The minimum atomic E-state index is -0.143. The average molecular weight is 388 g/mol. The number of carbonyl (C=O) groups is 1. The highest BCUT2D eigenvalue weighted by molar-refractivity contribution is 6.31. The van der Waals surface area contributed by atoms with Crippen molar-refractivity contribution in [1.29, 1.82) is 0 Å². The molecule has 3 aromatic rings. The largest absolute Gasteiger partial charge is 0.465 e. The Balaban J connectivity index is 1.73. The fraction of sp³-hybridized carbons (Fsp3) is 0.316. The Morgan fingerprint density at radius 2 is 2.15 bits per heavy atom. The summed E-state index contributed by atoms with van der Waals surface area (Å²) in [5.41, 5.74) is 1.28. The third kappa shape index (κ3) is 4.96. The second-order valence-electron chi connectivity index (χ2n) is 6.56. The normalized spacial score (nSPS) is 11.3. The molecule has 0 aliphatic heterocycles. The molecule has 0 spiro atoms. The van der Waals surface area contributed by atoms with E-state index in [1.54, 1.807) is 29.2 Å². The van der Waals surface area contributed by atoms with Gasteiger partial charge in [0.05, 0.1) is 24.5 Å². The first-order chi connectivity index (χ1) is 12.9. The summed E-state index contributed by atoms with van der Waals surface area (Å²) in [4.78, 5) is 18.7. The van der Waals surface area contributed by atoms with Crippen LogP contribution < -0.4 is 5.32 Å². The Kier molecular flexibility index (Phi) is 5.93. The van der Waals surface area contributed by atoms with Crippen molar-refractivity contribution >= 4 is 23.2 Å². The van der Waals surface area contributed by atoms with Crippen LogP contribution in [-0.4, -0.2) is 38.2 Å². The Hall–Kier alpha value is -2.64. The number of nitrogens with one attached hydrogen (secondary N) is 1. The van der Waals surface area contributed by atoms with E-state index in [0.29, 0.717) is 22.9 Å². The lowest BCUT2D eigenvalue weighted by Gasteiger charge is -2.25. The Bertz CT molecular complexity index is 905. The molecule has 7 nitrogen and oxygen atoms in total. The van der Waals surface area contributed by atoms with Gasteiger partial charge in [-0.2, -0.15) is 5.10 Å². The van der Waals surface area contributed by atoms with E-state index >= 15 is 0 Å². The number of hydrogen-bond acceptors (Lipinski definition) is 5. The molecule has 2 heterocycles. The summed E-state index contributed by atoms with van der Waals surface area (Å²) in [6.07, 6.45) is 3.00. The average Bonchev–Trinajstić information content (AvgIpc) is 3.26. The van der Waals surface area contributed by atoms with Crippen molar-refractivity contribution in [2.75, 3.05) is 11.9 Å². The Morgan fingerprint density at radius 3 is 2.78 bits per heavy atom. The molecule has 0 aliphatic rings. The zero-order valence-electron chi connectivity index (χ0n) is 15.5. The van der Waals surface area contributed by atoms with Crippen molar-refractivity contribution in [3.05, 3.63) is 59.5 Å². The van der Waals surface area contributed by atoms with Crippen molar-refractivity contribution in [1.82, 2.24) is 19.7 Å². The van der Waals surface area contributed by atoms with E-state index in [1.807, 2.05) is 37.8 Å². The predicted octanol–water partition coefficient (Wildman–Crippen LogP) is 3.67. The molecule has 0 unspecified atom stereocenters. The molecule has 0 aliphatic carbocycles. The fourth-order valence-electron chi connectivity index (χ4n) is 2.71. The number of aryl methyl sites for hydroxylation is 1. The first kappa shape index (κ1) is 19.1. The molecule has 0 bridgehead atoms. The summed E-state index contributed by atoms with van der Waals surface area (Å²) in [5, 5.41) is 7.58. The van der Waals surface area contributed by atoms with Gasteiger partial charge in [-0.1, -0.05) is 11.6 Å². The van der Waals surface area contributed by atoms with Crippen LogP contribution in [0.2, 0.25) is 5.02 Å². The minimum Gasteiger partial charge on any atom is -0.465 e. The van der Waals surface area contributed by atoms with Gasteiger partial charge in [-0.15, -0.1) is 0 Å². The number of rotatable bonds is 7. The van der Waals surface area contributed by atoms with Gasteiger partial charge in [0, 0.05) is 11.1 Å². The van der Waals surface area contributed by atoms with E-state index in [0.717, 1.165) is 11.5 Å². The molecule has 0 atom stereocenters. The van der Waals surface area contributed by atoms with E-state index in [9.17, 15) is 4.79 Å². The smallest absolute Gasteiger partial charge is 0.238 e. The molecule has 0 saturated heterocycles. The van der Waals surface area contributed by atoms with Gasteiger partial charge in [0.2, 0.25) is 5.91 Å². The summed E-state index contributed by atoms with van der Waals surface area (Å²) in [6, 6.07) is 9.26. The Morgan fingerprint density at radius 1 is 1.33 bits per heavy atom. The van der Waals surface area contributed by atoms with Gasteiger partial charge in [-0.25, -0.2) is 9.67 Å². The van der Waals surface area contributed by atoms with E-state index in [4.69, 9.17) is 16.0 Å². The lowest BCUT2D eigenvalue weighted by atomic mass is 10.2. The fourth-order valence-corrected chi connectivity index (χ4v) is 2.88. The van der Waals surface area contributed by atoms with Gasteiger partial charge >= 0.3 is 0 Å². The maximum Gasteiger partial charge on any atom is 0.238 e. The molecule has 1 aromatic carbocycles. The highest BCUT2D eigenvalue weighted by Gasteiger charge is 2.18. The summed E-state index contributed by atoms with van der Waals surface area (Å²) < 4.78 is 7.22. The molecular formula is C19H22ClN5O2. The molecule has 1 N–H and O–H groups in total. The second kappa shape index (κ2) is 8.37. The van der Waals surface area contributed by atoms with E-state index in [2.05, 4.69) is 15.4 Å². The van der Waals surface area contributed by atoms with Gasteiger partial charge < -0.3 is 9.73 Å². The molecule has 27 heavy (non-hydrogen) atoms. The zero-order valence-corrected chi connectivity index (χ0v) is 16.3. The van der Waals surface area contributed by atoms with E-state index in [-0.39, 0.29) is 18.5 Å². The number of anilines is 1. The van der Waals surface area contributed by atoms with Crippen LogP contribution in [0, 0.1) is 6.92 Å². The van der Waals surface area contributed by atoms with Crippen molar-refractivity contribution < 1.29 is 9.21 Å². The van der Waals surface area contributed by atoms with Gasteiger partial charge in [0.15, 0.2) is 0 Å². The molecule has 0 fully saturated rings. The number of nitrogens with zero attached hydrogens (tertiary/aromatic N) is 4. The molecule has 8 heteroatoms. The van der Waals surface area contributed by atoms with Crippen LogP contribution in [0.5, 0.6) is 0 Å². The number of carbonyl (C=O) groups excluding carboxylic acids is 1. The molecular weight excluding hydrogens is 366 g/mol. The first-order valence-electron chi connectivity index (χ1n) is 8.66. The lowest BCUT2D eigenvalue weighted by molar-refractivity contribution is -0.117. The van der Waals surface area contributed by atoms with Crippen molar-refractivity contribution in [2.24, 2.45) is 0 Å². The predicted molar refractivity (Wildman–Crippen MR) is 104 cm³/mol. The standard InChI is InChI=1S/C19H22ClN5O2/c1-13(2)24(9-16-6-4-14(3)27-16)10-19(26)23-17-8-15(20)5-7-18(17)25-12-21-11-22-25/h4-8,11-13H,9-10H2,1-3H3,(H,23,26). The topological polar surface area (TPSA) is 76.2 Å². The molecule has 1 amide bonds. The number of furan rings is 1. The molecule has 0 saturated carbocycles. The monoisotopic (exact) mass is 387 g/mol. The van der Waals surface area contributed by atoms with Crippen LogP contribution in [0.25, 0.3) is 5.69 Å². The van der Waals surface area contributed by atoms with Gasteiger partial charge in [-0.05, 0) is 51.1 Å². The Labute approximate surface area is 162 Å². The van der Waals surface area contributed by atoms with Crippen LogP contribution in [0.15, 0.2) is 47.4 Å². The molecule has 0 radical (unpaired) electrons. The van der Waals surface area contributed by atoms with Crippen LogP contribution in [0.3, 0.4) is 0 Å². The summed E-state index contributed by atoms with van der Waals surface area (Å²) in [6.45, 7) is 6.78. The summed E-state index contributed by atoms with van der Waals surface area (Å²) >= 11 is 6.11. The third-order valence-corrected chi connectivity index (χ3v) is 4.37. The minimum absolute atomic E-state index is 0.143. The van der Waals surface area contributed by atoms with Gasteiger partial charge in [0.25, 0.3) is 0 Å². The van der Waals surface area contributed by atoms with Crippen LogP contribution in [0.4, 0.5) is 5.69 Å². The second-order valence-corrected chi connectivity index (χ2v) is 7.00. The van der Waals surface area contributed by atoms with Crippen LogP contribution in [0.1, 0.15) is 25.4 Å². The van der Waals surface area contributed by atoms with Crippen molar-refractivity contribution in [3.63, 3.8) is 0 Å². The van der Waals surface area contributed by atoms with E-state index < -0.39 is 0 Å². The first-order valence-corrected chi connectivity index (χ1v) is 9.04. The number of benzene rings is 1. The lowest BCUT2D eigenvalue weighted by Crippen LogP contribution is -2.37. The van der Waals surface area contributed by atoms with Crippen molar-refractivity contribution in [3.8, 4) is 5.69 Å². The zero-order chi connectivity index (χ0) is 19.4. The van der Waals surface area contributed by atoms with Gasteiger partial charge in [0.1, 0.15) is 24.2 Å². The summed E-state index contributed by atoms with van der Waals surface area (Å²) in [5.74, 6) is 1.55.